The molecule has 6 atom stereocenters. The standard InChI is InChI=1S/C18H37N/c1-8-10-13(3)11-15(5)18(14(4)9-2)16-12-17(16)19(6)7/h13-18H,8-12H2,1-7H3. The summed E-state index contributed by atoms with van der Waals surface area (Å²) < 4.78 is 0. The van der Waals surface area contributed by atoms with Crippen LogP contribution in [0.25, 0.3) is 0 Å². The lowest BCUT2D eigenvalue weighted by atomic mass is 9.74. The van der Waals surface area contributed by atoms with Crippen molar-refractivity contribution in [3.8, 4) is 0 Å². The molecule has 0 aromatic heterocycles. The van der Waals surface area contributed by atoms with Crippen molar-refractivity contribution in [3.63, 3.8) is 0 Å². The Morgan fingerprint density at radius 1 is 1.05 bits per heavy atom. The van der Waals surface area contributed by atoms with Crippen molar-refractivity contribution in [1.29, 1.82) is 0 Å². The van der Waals surface area contributed by atoms with E-state index in [9.17, 15) is 0 Å². The summed E-state index contributed by atoms with van der Waals surface area (Å²) in [4.78, 5) is 2.45. The summed E-state index contributed by atoms with van der Waals surface area (Å²) in [5.41, 5.74) is 0. The van der Waals surface area contributed by atoms with Gasteiger partial charge in [-0.3, -0.25) is 0 Å². The molecule has 1 nitrogen and oxygen atoms in total. The first-order valence-corrected chi connectivity index (χ1v) is 8.58. The summed E-state index contributed by atoms with van der Waals surface area (Å²) in [6.45, 7) is 12.1. The number of hydrogen-bond acceptors (Lipinski definition) is 1. The molecule has 0 N–H and O–H groups in total. The molecule has 0 spiro atoms. The molecule has 0 amide bonds. The van der Waals surface area contributed by atoms with Crippen LogP contribution in [0, 0.1) is 29.6 Å². The van der Waals surface area contributed by atoms with Crippen LogP contribution in [0.3, 0.4) is 0 Å². The van der Waals surface area contributed by atoms with Crippen molar-refractivity contribution in [2.75, 3.05) is 14.1 Å². The van der Waals surface area contributed by atoms with Crippen LogP contribution in [0.5, 0.6) is 0 Å². The summed E-state index contributed by atoms with van der Waals surface area (Å²) in [7, 11) is 4.51. The molecule has 0 aromatic rings. The fraction of sp³-hybridized carbons (Fsp3) is 1.00. The van der Waals surface area contributed by atoms with Gasteiger partial charge in [0.25, 0.3) is 0 Å². The topological polar surface area (TPSA) is 3.24 Å². The van der Waals surface area contributed by atoms with Gasteiger partial charge in [-0.25, -0.2) is 0 Å². The number of nitrogens with zero attached hydrogens (tertiary/aromatic N) is 1. The zero-order valence-electron chi connectivity index (χ0n) is 14.4. The third-order valence-corrected chi connectivity index (χ3v) is 5.48. The van der Waals surface area contributed by atoms with Crippen molar-refractivity contribution in [1.82, 2.24) is 4.90 Å². The van der Waals surface area contributed by atoms with Crippen LogP contribution in [0.4, 0.5) is 0 Å². The number of rotatable bonds is 9. The molecule has 0 aromatic carbocycles. The molecule has 1 rings (SSSR count). The average Bonchev–Trinajstić information content (AvgIpc) is 3.09. The van der Waals surface area contributed by atoms with Gasteiger partial charge in [0, 0.05) is 6.04 Å². The largest absolute Gasteiger partial charge is 0.306 e. The Balaban J connectivity index is 2.59. The Hall–Kier alpha value is -0.0400. The lowest BCUT2D eigenvalue weighted by Crippen LogP contribution is -2.27. The normalized spacial score (nSPS) is 29.1. The van der Waals surface area contributed by atoms with Gasteiger partial charge in [-0.05, 0) is 56.5 Å². The molecule has 114 valence electrons. The lowest BCUT2D eigenvalue weighted by Gasteiger charge is -2.32. The first-order valence-electron chi connectivity index (χ1n) is 8.58. The summed E-state index contributed by atoms with van der Waals surface area (Å²) in [6.07, 6.45) is 6.95. The fourth-order valence-corrected chi connectivity index (χ4v) is 4.29. The van der Waals surface area contributed by atoms with E-state index in [0.717, 1.165) is 35.6 Å². The van der Waals surface area contributed by atoms with Crippen molar-refractivity contribution in [2.24, 2.45) is 29.6 Å². The van der Waals surface area contributed by atoms with Crippen molar-refractivity contribution in [2.45, 2.75) is 72.8 Å². The highest BCUT2D eigenvalue weighted by Gasteiger charge is 2.47. The summed E-state index contributed by atoms with van der Waals surface area (Å²) in [5, 5.41) is 0. The molecule has 6 unspecified atom stereocenters. The van der Waals surface area contributed by atoms with Crippen molar-refractivity contribution in [3.05, 3.63) is 0 Å². The molecule has 1 saturated carbocycles. The molecular weight excluding hydrogens is 230 g/mol. The minimum Gasteiger partial charge on any atom is -0.306 e. The molecule has 1 fully saturated rings. The first kappa shape index (κ1) is 17.0. The molecule has 19 heavy (non-hydrogen) atoms. The minimum atomic E-state index is 0.864. The van der Waals surface area contributed by atoms with Gasteiger partial charge < -0.3 is 4.90 Å². The van der Waals surface area contributed by atoms with Crippen LogP contribution in [0.2, 0.25) is 0 Å². The van der Waals surface area contributed by atoms with Crippen LogP contribution in [0.15, 0.2) is 0 Å². The monoisotopic (exact) mass is 267 g/mol. The van der Waals surface area contributed by atoms with Gasteiger partial charge in [0.1, 0.15) is 0 Å². The van der Waals surface area contributed by atoms with Crippen LogP contribution in [-0.2, 0) is 0 Å². The second-order valence-electron chi connectivity index (χ2n) is 7.50. The van der Waals surface area contributed by atoms with Gasteiger partial charge in [-0.2, -0.15) is 0 Å². The SMILES string of the molecule is CCCC(C)CC(C)C(C(C)CC)C1CC1N(C)C. The summed E-state index contributed by atoms with van der Waals surface area (Å²) in [6, 6.07) is 0.864. The average molecular weight is 268 g/mol. The second-order valence-corrected chi connectivity index (χ2v) is 7.50. The zero-order valence-corrected chi connectivity index (χ0v) is 14.4. The molecular formula is C18H37N. The van der Waals surface area contributed by atoms with E-state index < -0.39 is 0 Å². The minimum absolute atomic E-state index is 0.864. The molecule has 0 bridgehead atoms. The molecule has 0 heterocycles. The Labute approximate surface area is 122 Å². The van der Waals surface area contributed by atoms with Crippen LogP contribution >= 0.6 is 0 Å². The van der Waals surface area contributed by atoms with E-state index in [2.05, 4.69) is 53.6 Å². The van der Waals surface area contributed by atoms with Gasteiger partial charge in [-0.1, -0.05) is 53.9 Å². The Morgan fingerprint density at radius 3 is 2.11 bits per heavy atom. The maximum Gasteiger partial charge on any atom is 0.0124 e. The first-order chi connectivity index (χ1) is 8.92. The fourth-order valence-electron chi connectivity index (χ4n) is 4.29. The van der Waals surface area contributed by atoms with Gasteiger partial charge in [0.15, 0.2) is 0 Å². The Bertz CT molecular complexity index is 248. The summed E-state index contributed by atoms with van der Waals surface area (Å²) in [5.74, 6) is 4.60. The van der Waals surface area contributed by atoms with Gasteiger partial charge in [-0.15, -0.1) is 0 Å². The highest BCUT2D eigenvalue weighted by atomic mass is 15.1. The molecule has 0 saturated heterocycles. The van der Waals surface area contributed by atoms with Crippen LogP contribution < -0.4 is 0 Å². The van der Waals surface area contributed by atoms with Gasteiger partial charge in [0.2, 0.25) is 0 Å². The molecule has 0 radical (unpaired) electrons. The highest BCUT2D eigenvalue weighted by molar-refractivity contribution is 4.99. The number of hydrogen-bond donors (Lipinski definition) is 0. The Morgan fingerprint density at radius 2 is 1.68 bits per heavy atom. The van der Waals surface area contributed by atoms with E-state index in [4.69, 9.17) is 0 Å². The summed E-state index contributed by atoms with van der Waals surface area (Å²) >= 11 is 0. The van der Waals surface area contributed by atoms with E-state index in [-0.39, 0.29) is 0 Å². The second kappa shape index (κ2) is 7.67. The molecule has 0 aliphatic heterocycles. The molecule has 1 heteroatoms. The van der Waals surface area contributed by atoms with Crippen molar-refractivity contribution < 1.29 is 0 Å². The Kier molecular flexibility index (Phi) is 6.86. The van der Waals surface area contributed by atoms with E-state index >= 15 is 0 Å². The third-order valence-electron chi connectivity index (χ3n) is 5.48. The van der Waals surface area contributed by atoms with E-state index in [1.54, 1.807) is 0 Å². The van der Waals surface area contributed by atoms with E-state index in [1.807, 2.05) is 0 Å². The lowest BCUT2D eigenvalue weighted by molar-refractivity contribution is 0.171. The van der Waals surface area contributed by atoms with Crippen LogP contribution in [-0.4, -0.2) is 25.0 Å². The van der Waals surface area contributed by atoms with Gasteiger partial charge in [0.05, 0.1) is 0 Å². The molecule has 1 aliphatic carbocycles. The van der Waals surface area contributed by atoms with Crippen LogP contribution in [0.1, 0.15) is 66.7 Å². The predicted octanol–water partition coefficient (Wildman–Crippen LogP) is 5.06. The zero-order chi connectivity index (χ0) is 14.6. The maximum atomic E-state index is 2.52. The van der Waals surface area contributed by atoms with E-state index in [1.165, 1.54) is 32.1 Å². The van der Waals surface area contributed by atoms with Crippen molar-refractivity contribution >= 4 is 0 Å². The van der Waals surface area contributed by atoms with Gasteiger partial charge >= 0.3 is 0 Å². The predicted molar refractivity (Wildman–Crippen MR) is 86.4 cm³/mol. The quantitative estimate of drug-likeness (QED) is 0.564. The maximum absolute atomic E-state index is 2.52. The highest BCUT2D eigenvalue weighted by Crippen LogP contribution is 2.48. The van der Waals surface area contributed by atoms with E-state index in [0.29, 0.717) is 0 Å². The smallest absolute Gasteiger partial charge is 0.0124 e. The third kappa shape index (κ3) is 4.77. The molecule has 1 aliphatic rings.